The second kappa shape index (κ2) is 7.56. The molecule has 0 aromatic heterocycles. The van der Waals surface area contributed by atoms with Crippen molar-refractivity contribution in [2.45, 2.75) is 11.4 Å². The van der Waals surface area contributed by atoms with E-state index in [9.17, 15) is 4.79 Å². The lowest BCUT2D eigenvalue weighted by atomic mass is 10.2. The van der Waals surface area contributed by atoms with Crippen LogP contribution in [0.15, 0.2) is 65.6 Å². The van der Waals surface area contributed by atoms with Crippen LogP contribution < -0.4 is 5.32 Å². The minimum absolute atomic E-state index is 0.0807. The van der Waals surface area contributed by atoms with Gasteiger partial charge in [-0.3, -0.25) is 4.79 Å². The molecule has 0 aliphatic carbocycles. The number of hydrogen-bond acceptors (Lipinski definition) is 2. The molecule has 1 N–H and O–H groups in total. The molecule has 2 nitrogen and oxygen atoms in total. The third-order valence-electron chi connectivity index (χ3n) is 2.85. The van der Waals surface area contributed by atoms with Crippen LogP contribution in [0.25, 0.3) is 6.08 Å². The van der Waals surface area contributed by atoms with Crippen LogP contribution in [0.2, 0.25) is 0 Å². The SMILES string of the molecule is CSc1ccc(/C=C/C(=O)NCc2ccccc2)cc1. The lowest BCUT2D eigenvalue weighted by Gasteiger charge is -2.02. The fraction of sp³-hybridized carbons (Fsp3) is 0.118. The Labute approximate surface area is 123 Å². The zero-order valence-electron chi connectivity index (χ0n) is 11.4. The Balaban J connectivity index is 1.85. The van der Waals surface area contributed by atoms with E-state index in [2.05, 4.69) is 5.32 Å². The van der Waals surface area contributed by atoms with Gasteiger partial charge in [0.05, 0.1) is 0 Å². The topological polar surface area (TPSA) is 29.1 Å². The summed E-state index contributed by atoms with van der Waals surface area (Å²) in [7, 11) is 0. The maximum atomic E-state index is 11.7. The summed E-state index contributed by atoms with van der Waals surface area (Å²) >= 11 is 1.70. The number of benzene rings is 2. The van der Waals surface area contributed by atoms with E-state index in [1.165, 1.54) is 4.90 Å². The molecule has 0 saturated heterocycles. The molecule has 2 aromatic rings. The van der Waals surface area contributed by atoms with Crippen LogP contribution in [0, 0.1) is 0 Å². The average Bonchev–Trinajstić information content (AvgIpc) is 2.52. The fourth-order valence-corrected chi connectivity index (χ4v) is 2.14. The highest BCUT2D eigenvalue weighted by atomic mass is 32.2. The predicted octanol–water partition coefficient (Wildman–Crippen LogP) is 3.74. The number of nitrogens with one attached hydrogen (secondary N) is 1. The molecule has 3 heteroatoms. The molecule has 1 amide bonds. The number of thioether (sulfide) groups is 1. The molecule has 20 heavy (non-hydrogen) atoms. The molecule has 0 atom stereocenters. The highest BCUT2D eigenvalue weighted by Crippen LogP contribution is 2.15. The van der Waals surface area contributed by atoms with E-state index in [0.29, 0.717) is 6.54 Å². The summed E-state index contributed by atoms with van der Waals surface area (Å²) in [4.78, 5) is 12.9. The zero-order chi connectivity index (χ0) is 14.2. The first-order valence-corrected chi connectivity index (χ1v) is 7.64. The molecular formula is C17H17NOS. The predicted molar refractivity (Wildman–Crippen MR) is 85.5 cm³/mol. The van der Waals surface area contributed by atoms with Gasteiger partial charge in [-0.15, -0.1) is 11.8 Å². The summed E-state index contributed by atoms with van der Waals surface area (Å²) in [5.74, 6) is -0.0807. The molecule has 2 aromatic carbocycles. The molecule has 0 aliphatic rings. The first-order chi connectivity index (χ1) is 9.78. The van der Waals surface area contributed by atoms with Gasteiger partial charge in [0.1, 0.15) is 0 Å². The summed E-state index contributed by atoms with van der Waals surface area (Å²) in [6.45, 7) is 0.551. The molecule has 0 bridgehead atoms. The van der Waals surface area contributed by atoms with Gasteiger partial charge in [0.2, 0.25) is 5.91 Å². The van der Waals surface area contributed by atoms with Crippen LogP contribution in [-0.4, -0.2) is 12.2 Å². The monoisotopic (exact) mass is 283 g/mol. The highest BCUT2D eigenvalue weighted by molar-refractivity contribution is 7.98. The van der Waals surface area contributed by atoms with Crippen molar-refractivity contribution in [3.05, 3.63) is 71.8 Å². The maximum Gasteiger partial charge on any atom is 0.244 e. The van der Waals surface area contributed by atoms with Crippen LogP contribution in [-0.2, 0) is 11.3 Å². The van der Waals surface area contributed by atoms with Gasteiger partial charge in [-0.05, 0) is 35.6 Å². The zero-order valence-corrected chi connectivity index (χ0v) is 12.2. The summed E-state index contributed by atoms with van der Waals surface area (Å²) in [5.41, 5.74) is 2.12. The standard InChI is InChI=1S/C17H17NOS/c1-20-16-10-7-14(8-11-16)9-12-17(19)18-13-15-5-3-2-4-6-15/h2-12H,13H2,1H3,(H,18,19)/b12-9+. The number of carbonyl (C=O) groups excluding carboxylic acids is 1. The molecule has 0 saturated carbocycles. The Bertz CT molecular complexity index is 576. The second-order valence-electron chi connectivity index (χ2n) is 4.31. The van der Waals surface area contributed by atoms with Crippen LogP contribution in [0.3, 0.4) is 0 Å². The van der Waals surface area contributed by atoms with Gasteiger partial charge in [0.15, 0.2) is 0 Å². The van der Waals surface area contributed by atoms with Crippen LogP contribution in [0.1, 0.15) is 11.1 Å². The molecule has 0 spiro atoms. The Morgan fingerprint density at radius 3 is 2.45 bits per heavy atom. The lowest BCUT2D eigenvalue weighted by molar-refractivity contribution is -0.116. The van der Waals surface area contributed by atoms with Crippen LogP contribution >= 0.6 is 11.8 Å². The highest BCUT2D eigenvalue weighted by Gasteiger charge is 1.96. The first kappa shape index (κ1) is 14.4. The molecule has 0 unspecified atom stereocenters. The normalized spacial score (nSPS) is 10.7. The Morgan fingerprint density at radius 2 is 1.80 bits per heavy atom. The molecule has 0 aliphatic heterocycles. The van der Waals surface area contributed by atoms with Crippen LogP contribution in [0.4, 0.5) is 0 Å². The third-order valence-corrected chi connectivity index (χ3v) is 3.60. The second-order valence-corrected chi connectivity index (χ2v) is 5.19. The minimum Gasteiger partial charge on any atom is -0.348 e. The van der Waals surface area contributed by atoms with Crippen molar-refractivity contribution < 1.29 is 4.79 Å². The van der Waals surface area contributed by atoms with Gasteiger partial charge < -0.3 is 5.32 Å². The molecule has 102 valence electrons. The quantitative estimate of drug-likeness (QED) is 0.669. The van der Waals surface area contributed by atoms with E-state index in [0.717, 1.165) is 11.1 Å². The van der Waals surface area contributed by atoms with Crippen molar-refractivity contribution in [1.29, 1.82) is 0 Å². The number of hydrogen-bond donors (Lipinski definition) is 1. The van der Waals surface area contributed by atoms with E-state index in [-0.39, 0.29) is 5.91 Å². The minimum atomic E-state index is -0.0807. The number of amides is 1. The summed E-state index contributed by atoms with van der Waals surface area (Å²) in [5, 5.41) is 2.86. The Morgan fingerprint density at radius 1 is 1.10 bits per heavy atom. The van der Waals surface area contributed by atoms with Crippen molar-refractivity contribution in [3.8, 4) is 0 Å². The van der Waals surface area contributed by atoms with Gasteiger partial charge in [0, 0.05) is 17.5 Å². The molecular weight excluding hydrogens is 266 g/mol. The van der Waals surface area contributed by atoms with Gasteiger partial charge in [-0.2, -0.15) is 0 Å². The van der Waals surface area contributed by atoms with E-state index in [1.807, 2.05) is 66.9 Å². The van der Waals surface area contributed by atoms with E-state index in [1.54, 1.807) is 17.8 Å². The fourth-order valence-electron chi connectivity index (χ4n) is 1.73. The summed E-state index contributed by atoms with van der Waals surface area (Å²) < 4.78 is 0. The molecule has 0 heterocycles. The molecule has 2 rings (SSSR count). The Kier molecular flexibility index (Phi) is 5.44. The average molecular weight is 283 g/mol. The summed E-state index contributed by atoms with van der Waals surface area (Å²) in [6.07, 6.45) is 5.43. The third kappa shape index (κ3) is 4.59. The van der Waals surface area contributed by atoms with Crippen molar-refractivity contribution in [1.82, 2.24) is 5.32 Å². The smallest absolute Gasteiger partial charge is 0.244 e. The van der Waals surface area contributed by atoms with Crippen molar-refractivity contribution in [3.63, 3.8) is 0 Å². The number of carbonyl (C=O) groups is 1. The van der Waals surface area contributed by atoms with E-state index in [4.69, 9.17) is 0 Å². The van der Waals surface area contributed by atoms with E-state index >= 15 is 0 Å². The molecule has 0 radical (unpaired) electrons. The Hall–Kier alpha value is -2.00. The van der Waals surface area contributed by atoms with Crippen LogP contribution in [0.5, 0.6) is 0 Å². The largest absolute Gasteiger partial charge is 0.348 e. The van der Waals surface area contributed by atoms with Gasteiger partial charge >= 0.3 is 0 Å². The van der Waals surface area contributed by atoms with Gasteiger partial charge in [-0.25, -0.2) is 0 Å². The van der Waals surface area contributed by atoms with E-state index < -0.39 is 0 Å². The maximum absolute atomic E-state index is 11.7. The van der Waals surface area contributed by atoms with Gasteiger partial charge in [-0.1, -0.05) is 42.5 Å². The van der Waals surface area contributed by atoms with Crippen molar-refractivity contribution >= 4 is 23.7 Å². The first-order valence-electron chi connectivity index (χ1n) is 6.42. The molecule has 0 fully saturated rings. The lowest BCUT2D eigenvalue weighted by Crippen LogP contribution is -2.20. The van der Waals surface area contributed by atoms with Crippen molar-refractivity contribution in [2.24, 2.45) is 0 Å². The number of rotatable bonds is 5. The van der Waals surface area contributed by atoms with Gasteiger partial charge in [0.25, 0.3) is 0 Å². The van der Waals surface area contributed by atoms with Crippen molar-refractivity contribution in [2.75, 3.05) is 6.26 Å². The summed E-state index contributed by atoms with van der Waals surface area (Å²) in [6, 6.07) is 18.0.